The number of rotatable bonds is 3. The fourth-order valence-electron chi connectivity index (χ4n) is 3.21. The predicted molar refractivity (Wildman–Crippen MR) is 101 cm³/mol. The van der Waals surface area contributed by atoms with E-state index in [1.807, 2.05) is 18.2 Å². The van der Waals surface area contributed by atoms with Crippen molar-refractivity contribution in [3.05, 3.63) is 66.6 Å². The maximum Gasteiger partial charge on any atom is 0.416 e. The Balaban J connectivity index is 1.51. The number of hydrogen-bond acceptors (Lipinski definition) is 5. The molecule has 0 amide bonds. The van der Waals surface area contributed by atoms with Gasteiger partial charge in [0.1, 0.15) is 11.6 Å². The van der Waals surface area contributed by atoms with E-state index in [-0.39, 0.29) is 0 Å². The van der Waals surface area contributed by atoms with Crippen LogP contribution in [-0.4, -0.2) is 41.1 Å². The van der Waals surface area contributed by atoms with E-state index in [1.54, 1.807) is 18.5 Å². The zero-order chi connectivity index (χ0) is 19.6. The molecule has 3 heterocycles. The van der Waals surface area contributed by atoms with Crippen LogP contribution in [0.3, 0.4) is 0 Å². The van der Waals surface area contributed by atoms with Crippen LogP contribution >= 0.6 is 0 Å². The molecular formula is C20H18F3N5. The highest BCUT2D eigenvalue weighted by Gasteiger charge is 2.30. The number of piperazine rings is 1. The molecule has 0 aliphatic carbocycles. The van der Waals surface area contributed by atoms with Crippen molar-refractivity contribution in [2.45, 2.75) is 6.18 Å². The van der Waals surface area contributed by atoms with Crippen LogP contribution in [-0.2, 0) is 6.18 Å². The third-order valence-electron chi connectivity index (χ3n) is 4.68. The predicted octanol–water partition coefficient (Wildman–Crippen LogP) is 3.88. The number of aromatic nitrogens is 3. The Bertz CT molecular complexity index is 938. The third kappa shape index (κ3) is 3.90. The van der Waals surface area contributed by atoms with E-state index in [9.17, 15) is 13.2 Å². The van der Waals surface area contributed by atoms with Gasteiger partial charge in [0.05, 0.1) is 23.7 Å². The van der Waals surface area contributed by atoms with E-state index in [0.717, 1.165) is 44.1 Å². The van der Waals surface area contributed by atoms with Gasteiger partial charge in [-0.3, -0.25) is 4.98 Å². The maximum absolute atomic E-state index is 13.0. The van der Waals surface area contributed by atoms with Crippen molar-refractivity contribution in [1.29, 1.82) is 0 Å². The Morgan fingerprint density at radius 1 is 0.821 bits per heavy atom. The molecule has 0 bridgehead atoms. The first-order chi connectivity index (χ1) is 13.5. The molecule has 0 spiro atoms. The second kappa shape index (κ2) is 7.46. The summed E-state index contributed by atoms with van der Waals surface area (Å²) in [5.74, 6) is 1.60. The zero-order valence-corrected chi connectivity index (χ0v) is 15.0. The molecule has 0 unspecified atom stereocenters. The number of anilines is 2. The average molecular weight is 385 g/mol. The third-order valence-corrected chi connectivity index (χ3v) is 4.68. The van der Waals surface area contributed by atoms with Gasteiger partial charge in [0.15, 0.2) is 0 Å². The summed E-state index contributed by atoms with van der Waals surface area (Å²) in [5, 5.41) is 0. The van der Waals surface area contributed by atoms with Crippen LogP contribution in [0, 0.1) is 0 Å². The summed E-state index contributed by atoms with van der Waals surface area (Å²) in [7, 11) is 0. The fourth-order valence-corrected chi connectivity index (χ4v) is 3.21. The molecule has 0 atom stereocenters. The van der Waals surface area contributed by atoms with Crippen LogP contribution < -0.4 is 9.80 Å². The number of benzene rings is 1. The monoisotopic (exact) mass is 385 g/mol. The van der Waals surface area contributed by atoms with Crippen LogP contribution in [0.2, 0.25) is 0 Å². The summed E-state index contributed by atoms with van der Waals surface area (Å²) in [6.07, 6.45) is 0.519. The topological polar surface area (TPSA) is 45.2 Å². The van der Waals surface area contributed by atoms with Crippen molar-refractivity contribution >= 4 is 11.6 Å². The molecule has 4 rings (SSSR count). The summed E-state index contributed by atoms with van der Waals surface area (Å²) in [5.41, 5.74) is 0.133. The van der Waals surface area contributed by atoms with Crippen molar-refractivity contribution in [2.24, 2.45) is 0 Å². The van der Waals surface area contributed by atoms with E-state index in [1.165, 1.54) is 12.3 Å². The maximum atomic E-state index is 13.0. The number of halogens is 3. The SMILES string of the molecule is FC(F)(F)c1cccc(-c2cncc(N3CCN(c4ccccn4)CC3)n2)c1. The van der Waals surface area contributed by atoms with Gasteiger partial charge >= 0.3 is 6.18 Å². The number of pyridine rings is 1. The van der Waals surface area contributed by atoms with Crippen LogP contribution in [0.15, 0.2) is 61.1 Å². The van der Waals surface area contributed by atoms with E-state index in [0.29, 0.717) is 17.1 Å². The number of alkyl halides is 3. The Kier molecular flexibility index (Phi) is 4.85. The quantitative estimate of drug-likeness (QED) is 0.685. The average Bonchev–Trinajstić information content (AvgIpc) is 2.74. The number of nitrogens with zero attached hydrogens (tertiary/aromatic N) is 5. The van der Waals surface area contributed by atoms with Gasteiger partial charge in [0.2, 0.25) is 0 Å². The van der Waals surface area contributed by atoms with Crippen LogP contribution in [0.5, 0.6) is 0 Å². The lowest BCUT2D eigenvalue weighted by molar-refractivity contribution is -0.137. The smallest absolute Gasteiger partial charge is 0.353 e. The molecule has 1 aromatic carbocycles. The molecular weight excluding hydrogens is 367 g/mol. The molecule has 1 fully saturated rings. The molecule has 0 saturated carbocycles. The van der Waals surface area contributed by atoms with E-state index >= 15 is 0 Å². The van der Waals surface area contributed by atoms with Gasteiger partial charge in [-0.05, 0) is 24.3 Å². The molecule has 1 aliphatic rings. The first-order valence-corrected chi connectivity index (χ1v) is 8.91. The minimum atomic E-state index is -4.39. The van der Waals surface area contributed by atoms with Gasteiger partial charge in [-0.1, -0.05) is 18.2 Å². The normalized spacial score (nSPS) is 15.0. The van der Waals surface area contributed by atoms with Crippen LogP contribution in [0.25, 0.3) is 11.3 Å². The summed E-state index contributed by atoms with van der Waals surface area (Å²) < 4.78 is 38.9. The molecule has 2 aromatic heterocycles. The number of hydrogen-bond donors (Lipinski definition) is 0. The molecule has 8 heteroatoms. The fraction of sp³-hybridized carbons (Fsp3) is 0.250. The standard InChI is InChI=1S/C20H18F3N5/c21-20(22,23)16-5-3-4-15(12-16)17-13-24-14-19(26-17)28-10-8-27(9-11-28)18-6-1-2-7-25-18/h1-7,12-14H,8-11H2. The minimum absolute atomic E-state index is 0.399. The van der Waals surface area contributed by atoms with Crippen LogP contribution in [0.1, 0.15) is 5.56 Å². The van der Waals surface area contributed by atoms with Gasteiger partial charge in [-0.2, -0.15) is 13.2 Å². The van der Waals surface area contributed by atoms with E-state index in [4.69, 9.17) is 0 Å². The minimum Gasteiger partial charge on any atom is -0.353 e. The van der Waals surface area contributed by atoms with Gasteiger partial charge in [-0.25, -0.2) is 9.97 Å². The van der Waals surface area contributed by atoms with E-state index in [2.05, 4.69) is 24.8 Å². The molecule has 0 N–H and O–H groups in total. The Morgan fingerprint density at radius 3 is 2.25 bits per heavy atom. The molecule has 5 nitrogen and oxygen atoms in total. The molecule has 0 radical (unpaired) electrons. The largest absolute Gasteiger partial charge is 0.416 e. The summed E-state index contributed by atoms with van der Waals surface area (Å²) in [4.78, 5) is 17.4. The summed E-state index contributed by atoms with van der Waals surface area (Å²) in [6, 6.07) is 11.0. The van der Waals surface area contributed by atoms with Gasteiger partial charge in [0, 0.05) is 37.9 Å². The van der Waals surface area contributed by atoms with Gasteiger partial charge in [0.25, 0.3) is 0 Å². The Hall–Kier alpha value is -3.16. The molecule has 28 heavy (non-hydrogen) atoms. The zero-order valence-electron chi connectivity index (χ0n) is 15.0. The molecule has 144 valence electrons. The van der Waals surface area contributed by atoms with Gasteiger partial charge in [-0.15, -0.1) is 0 Å². The lowest BCUT2D eigenvalue weighted by atomic mass is 10.1. The molecule has 1 saturated heterocycles. The lowest BCUT2D eigenvalue weighted by Crippen LogP contribution is -2.47. The highest BCUT2D eigenvalue weighted by Crippen LogP contribution is 2.32. The Labute approximate surface area is 160 Å². The van der Waals surface area contributed by atoms with Crippen molar-refractivity contribution in [2.75, 3.05) is 36.0 Å². The highest BCUT2D eigenvalue weighted by molar-refractivity contribution is 5.61. The van der Waals surface area contributed by atoms with Crippen molar-refractivity contribution < 1.29 is 13.2 Å². The van der Waals surface area contributed by atoms with Crippen molar-refractivity contribution in [3.8, 4) is 11.3 Å². The van der Waals surface area contributed by atoms with E-state index < -0.39 is 11.7 Å². The second-order valence-corrected chi connectivity index (χ2v) is 6.50. The lowest BCUT2D eigenvalue weighted by Gasteiger charge is -2.36. The second-order valence-electron chi connectivity index (χ2n) is 6.50. The first kappa shape index (κ1) is 18.2. The molecule has 3 aromatic rings. The molecule has 1 aliphatic heterocycles. The van der Waals surface area contributed by atoms with Crippen LogP contribution in [0.4, 0.5) is 24.8 Å². The highest BCUT2D eigenvalue weighted by atomic mass is 19.4. The van der Waals surface area contributed by atoms with Crippen molar-refractivity contribution in [3.63, 3.8) is 0 Å². The van der Waals surface area contributed by atoms with Gasteiger partial charge < -0.3 is 9.80 Å². The first-order valence-electron chi connectivity index (χ1n) is 8.91. The summed E-state index contributed by atoms with van der Waals surface area (Å²) in [6.45, 7) is 3.04. The van der Waals surface area contributed by atoms with Crippen molar-refractivity contribution in [1.82, 2.24) is 15.0 Å². The summed E-state index contributed by atoms with van der Waals surface area (Å²) >= 11 is 0. The Morgan fingerprint density at radius 2 is 1.57 bits per heavy atom.